The number of aromatic nitrogens is 2. The quantitative estimate of drug-likeness (QED) is 0.839. The van der Waals surface area contributed by atoms with Crippen LogP contribution in [-0.4, -0.2) is 39.8 Å². The lowest BCUT2D eigenvalue weighted by Crippen LogP contribution is -2.47. The molecule has 1 N–H and O–H groups in total. The van der Waals surface area contributed by atoms with Crippen molar-refractivity contribution in [3.05, 3.63) is 18.2 Å². The Morgan fingerprint density at radius 1 is 1.35 bits per heavy atom. The Kier molecular flexibility index (Phi) is 2.91. The van der Waals surface area contributed by atoms with Crippen molar-refractivity contribution in [2.75, 3.05) is 18.0 Å². The number of hydrogen-bond acceptors (Lipinski definition) is 4. The third-order valence-corrected chi connectivity index (χ3v) is 2.83. The van der Waals surface area contributed by atoms with Crippen LogP contribution in [0.3, 0.4) is 0 Å². The first-order valence-corrected chi connectivity index (χ1v) is 5.16. The molecule has 17 heavy (non-hydrogen) atoms. The van der Waals surface area contributed by atoms with E-state index >= 15 is 0 Å². The topological polar surface area (TPSA) is 66.3 Å². The van der Waals surface area contributed by atoms with Crippen molar-refractivity contribution >= 4 is 11.9 Å². The van der Waals surface area contributed by atoms with Gasteiger partial charge in [-0.2, -0.15) is 0 Å². The van der Waals surface area contributed by atoms with Gasteiger partial charge in [0.1, 0.15) is 0 Å². The summed E-state index contributed by atoms with van der Waals surface area (Å²) in [5, 5.41) is 8.72. The standard InChI is InChI=1S/C10H11F2N3O2/c11-7-5-13-9(14-6-7)15-3-1-10(12,2-4-15)8(16)17/h5-6H,1-4H2,(H,16,17). The normalized spacial score (nSPS) is 19.1. The molecule has 2 heterocycles. The van der Waals surface area contributed by atoms with Crippen molar-refractivity contribution in [3.63, 3.8) is 0 Å². The van der Waals surface area contributed by atoms with Crippen molar-refractivity contribution < 1.29 is 18.7 Å². The molecule has 5 nitrogen and oxygen atoms in total. The summed E-state index contributed by atoms with van der Waals surface area (Å²) in [4.78, 5) is 19.9. The van der Waals surface area contributed by atoms with Gasteiger partial charge in [-0.3, -0.25) is 0 Å². The molecule has 0 spiro atoms. The zero-order valence-corrected chi connectivity index (χ0v) is 8.94. The van der Waals surface area contributed by atoms with Crippen LogP contribution in [0.15, 0.2) is 12.4 Å². The van der Waals surface area contributed by atoms with Gasteiger partial charge < -0.3 is 10.0 Å². The number of carboxylic acid groups (broad SMARTS) is 1. The van der Waals surface area contributed by atoms with Crippen LogP contribution in [0.2, 0.25) is 0 Å². The van der Waals surface area contributed by atoms with Crippen LogP contribution < -0.4 is 4.90 Å². The van der Waals surface area contributed by atoms with Crippen molar-refractivity contribution in [1.82, 2.24) is 9.97 Å². The second-order valence-corrected chi connectivity index (χ2v) is 3.96. The van der Waals surface area contributed by atoms with Gasteiger partial charge in [0, 0.05) is 25.9 Å². The highest BCUT2D eigenvalue weighted by molar-refractivity contribution is 5.77. The lowest BCUT2D eigenvalue weighted by atomic mass is 9.94. The first-order chi connectivity index (χ1) is 8.01. The van der Waals surface area contributed by atoms with Gasteiger partial charge in [0.2, 0.25) is 11.6 Å². The molecule has 1 aliphatic rings. The van der Waals surface area contributed by atoms with E-state index in [1.165, 1.54) is 0 Å². The maximum atomic E-state index is 13.7. The summed E-state index contributed by atoms with van der Waals surface area (Å²) in [6, 6.07) is 0. The van der Waals surface area contributed by atoms with Crippen LogP contribution in [-0.2, 0) is 4.79 Å². The van der Waals surface area contributed by atoms with Crippen molar-refractivity contribution in [1.29, 1.82) is 0 Å². The van der Waals surface area contributed by atoms with Gasteiger partial charge >= 0.3 is 5.97 Å². The molecule has 1 aromatic rings. The molecule has 7 heteroatoms. The summed E-state index contributed by atoms with van der Waals surface area (Å²) in [5.74, 6) is -1.69. The maximum absolute atomic E-state index is 13.7. The minimum atomic E-state index is -2.17. The van der Waals surface area contributed by atoms with Crippen molar-refractivity contribution in [3.8, 4) is 0 Å². The van der Waals surface area contributed by atoms with Crippen LogP contribution in [0.1, 0.15) is 12.8 Å². The molecule has 0 atom stereocenters. The van der Waals surface area contributed by atoms with Crippen molar-refractivity contribution in [2.45, 2.75) is 18.5 Å². The highest BCUT2D eigenvalue weighted by Crippen LogP contribution is 2.28. The van der Waals surface area contributed by atoms with Gasteiger partial charge in [-0.25, -0.2) is 23.5 Å². The van der Waals surface area contributed by atoms with E-state index < -0.39 is 17.5 Å². The van der Waals surface area contributed by atoms with E-state index in [1.54, 1.807) is 4.90 Å². The number of piperidine rings is 1. The van der Waals surface area contributed by atoms with Gasteiger partial charge in [0.15, 0.2) is 5.82 Å². The molecule has 0 aromatic carbocycles. The van der Waals surface area contributed by atoms with E-state index in [0.29, 0.717) is 5.95 Å². The summed E-state index contributed by atoms with van der Waals surface area (Å²) in [7, 11) is 0. The minimum absolute atomic E-state index is 0.122. The zero-order valence-electron chi connectivity index (χ0n) is 8.94. The molecular formula is C10H11F2N3O2. The molecule has 0 amide bonds. The van der Waals surface area contributed by atoms with E-state index in [2.05, 4.69) is 9.97 Å². The zero-order chi connectivity index (χ0) is 12.5. The molecule has 1 fully saturated rings. The molecule has 1 aliphatic heterocycles. The summed E-state index contributed by atoms with van der Waals surface area (Å²) in [6.45, 7) is 0.406. The maximum Gasteiger partial charge on any atom is 0.341 e. The Balaban J connectivity index is 2.04. The van der Waals surface area contributed by atoms with Crippen LogP contribution >= 0.6 is 0 Å². The third-order valence-electron chi connectivity index (χ3n) is 2.83. The van der Waals surface area contributed by atoms with Gasteiger partial charge in [0.25, 0.3) is 0 Å². The first kappa shape index (κ1) is 11.7. The fourth-order valence-corrected chi connectivity index (χ4v) is 1.74. The lowest BCUT2D eigenvalue weighted by molar-refractivity contribution is -0.152. The molecule has 1 saturated heterocycles. The second-order valence-electron chi connectivity index (χ2n) is 3.96. The highest BCUT2D eigenvalue weighted by Gasteiger charge is 2.42. The molecule has 1 aromatic heterocycles. The summed E-state index contributed by atoms with van der Waals surface area (Å²) in [5.41, 5.74) is -2.17. The van der Waals surface area contributed by atoms with Crippen LogP contribution in [0.25, 0.3) is 0 Å². The van der Waals surface area contributed by atoms with Gasteiger partial charge in [0.05, 0.1) is 12.4 Å². The molecule has 92 valence electrons. The van der Waals surface area contributed by atoms with E-state index in [-0.39, 0.29) is 25.9 Å². The molecular weight excluding hydrogens is 232 g/mol. The predicted molar refractivity (Wildman–Crippen MR) is 54.9 cm³/mol. The molecule has 0 radical (unpaired) electrons. The Morgan fingerprint density at radius 3 is 2.35 bits per heavy atom. The molecule has 2 rings (SSSR count). The van der Waals surface area contributed by atoms with E-state index in [1.807, 2.05) is 0 Å². The third kappa shape index (κ3) is 2.32. The Bertz CT molecular complexity index is 416. The number of carbonyl (C=O) groups is 1. The first-order valence-electron chi connectivity index (χ1n) is 5.16. The summed E-state index contributed by atoms with van der Waals surface area (Å²) in [6.07, 6.45) is 1.81. The van der Waals surface area contributed by atoms with Crippen LogP contribution in [0.5, 0.6) is 0 Å². The highest BCUT2D eigenvalue weighted by atomic mass is 19.1. The Morgan fingerprint density at radius 2 is 1.88 bits per heavy atom. The number of aliphatic carboxylic acids is 1. The average Bonchev–Trinajstić information content (AvgIpc) is 2.31. The predicted octanol–water partition coefficient (Wildman–Crippen LogP) is 1.01. The second kappa shape index (κ2) is 4.23. The SMILES string of the molecule is O=C(O)C1(F)CCN(c2ncc(F)cn2)CC1. The van der Waals surface area contributed by atoms with Gasteiger partial charge in [-0.15, -0.1) is 0 Å². The van der Waals surface area contributed by atoms with Gasteiger partial charge in [-0.1, -0.05) is 0 Å². The monoisotopic (exact) mass is 243 g/mol. The number of rotatable bonds is 2. The summed E-state index contributed by atoms with van der Waals surface area (Å²) >= 11 is 0. The number of anilines is 1. The van der Waals surface area contributed by atoms with E-state index in [9.17, 15) is 13.6 Å². The fraction of sp³-hybridized carbons (Fsp3) is 0.500. The fourth-order valence-electron chi connectivity index (χ4n) is 1.74. The van der Waals surface area contributed by atoms with E-state index in [4.69, 9.17) is 5.11 Å². The molecule has 0 bridgehead atoms. The Hall–Kier alpha value is -1.79. The average molecular weight is 243 g/mol. The Labute approximate surface area is 96.1 Å². The van der Waals surface area contributed by atoms with Gasteiger partial charge in [-0.05, 0) is 0 Å². The smallest absolute Gasteiger partial charge is 0.341 e. The lowest BCUT2D eigenvalue weighted by Gasteiger charge is -2.33. The minimum Gasteiger partial charge on any atom is -0.479 e. The van der Waals surface area contributed by atoms with E-state index in [0.717, 1.165) is 12.4 Å². The number of nitrogens with zero attached hydrogens (tertiary/aromatic N) is 3. The molecule has 0 unspecified atom stereocenters. The van der Waals surface area contributed by atoms with Crippen LogP contribution in [0, 0.1) is 5.82 Å². The number of alkyl halides is 1. The van der Waals surface area contributed by atoms with Crippen LogP contribution in [0.4, 0.5) is 14.7 Å². The number of hydrogen-bond donors (Lipinski definition) is 1. The molecule has 0 aliphatic carbocycles. The number of carboxylic acids is 1. The number of halogens is 2. The largest absolute Gasteiger partial charge is 0.479 e. The molecule has 0 saturated carbocycles. The summed E-state index contributed by atoms with van der Waals surface area (Å²) < 4.78 is 26.3. The van der Waals surface area contributed by atoms with Crippen molar-refractivity contribution in [2.24, 2.45) is 0 Å².